The number of carbonyl (C=O) groups is 1. The molecule has 9 heteroatoms. The van der Waals surface area contributed by atoms with E-state index in [0.717, 1.165) is 36.8 Å². The Bertz CT molecular complexity index is 1080. The van der Waals surface area contributed by atoms with Crippen molar-refractivity contribution >= 4 is 5.91 Å². The van der Waals surface area contributed by atoms with Crippen molar-refractivity contribution in [2.45, 2.75) is 57.2 Å². The van der Waals surface area contributed by atoms with Gasteiger partial charge in [0.05, 0.1) is 18.1 Å². The molecule has 2 saturated heterocycles. The number of halogens is 3. The second kappa shape index (κ2) is 11.2. The first-order valence-electron chi connectivity index (χ1n) is 13.7. The zero-order valence-corrected chi connectivity index (χ0v) is 21.6. The van der Waals surface area contributed by atoms with Crippen LogP contribution in [0.5, 0.6) is 5.88 Å². The number of hydrogen-bond acceptors (Lipinski definition) is 5. The van der Waals surface area contributed by atoms with Gasteiger partial charge in [-0.15, -0.1) is 0 Å². The lowest BCUT2D eigenvalue weighted by molar-refractivity contribution is -0.256. The second-order valence-corrected chi connectivity index (χ2v) is 11.2. The van der Waals surface area contributed by atoms with E-state index in [-0.39, 0.29) is 25.3 Å². The lowest BCUT2D eigenvalue weighted by atomic mass is 9.67. The Morgan fingerprint density at radius 1 is 1.00 bits per heavy atom. The van der Waals surface area contributed by atoms with Gasteiger partial charge in [-0.25, -0.2) is 4.98 Å². The zero-order chi connectivity index (χ0) is 26.8. The summed E-state index contributed by atoms with van der Waals surface area (Å²) in [7, 11) is 0. The second-order valence-electron chi connectivity index (χ2n) is 11.2. The number of pyridine rings is 1. The summed E-state index contributed by atoms with van der Waals surface area (Å²) in [6.45, 7) is 3.03. The average Bonchev–Trinajstić information content (AvgIpc) is 2.89. The Kier molecular flexibility index (Phi) is 7.95. The van der Waals surface area contributed by atoms with Gasteiger partial charge in [-0.2, -0.15) is 13.2 Å². The van der Waals surface area contributed by atoms with Crippen LogP contribution in [0.2, 0.25) is 0 Å². The standard InChI is InChI=1S/C29H36F3N3O3/c30-29(31,32)28(12-2-13-28)20-34-15-10-21(11-16-34)19-38-26-9-8-24(17-33-26)22-4-6-23(7-5-22)27(37)35-14-1-3-25(36)18-35/h4-9,17,21,25,36H,1-3,10-16,18-20H2. The van der Waals surface area contributed by atoms with Crippen molar-refractivity contribution in [3.63, 3.8) is 0 Å². The Morgan fingerprint density at radius 2 is 1.71 bits per heavy atom. The highest BCUT2D eigenvalue weighted by Gasteiger charge is 2.58. The minimum Gasteiger partial charge on any atom is -0.477 e. The third-order valence-electron chi connectivity index (χ3n) is 8.50. The molecule has 3 aliphatic rings. The van der Waals surface area contributed by atoms with E-state index in [9.17, 15) is 23.1 Å². The molecule has 3 fully saturated rings. The van der Waals surface area contributed by atoms with Crippen molar-refractivity contribution in [2.24, 2.45) is 11.3 Å². The summed E-state index contributed by atoms with van der Waals surface area (Å²) in [5.74, 6) is 0.769. The lowest BCUT2D eigenvalue weighted by Crippen LogP contribution is -2.53. The molecule has 3 heterocycles. The molecule has 1 saturated carbocycles. The van der Waals surface area contributed by atoms with Crippen molar-refractivity contribution in [3.8, 4) is 17.0 Å². The molecule has 0 spiro atoms. The van der Waals surface area contributed by atoms with Crippen LogP contribution in [0.25, 0.3) is 11.1 Å². The van der Waals surface area contributed by atoms with E-state index in [1.165, 1.54) is 0 Å². The molecular formula is C29H36F3N3O3. The fourth-order valence-corrected chi connectivity index (χ4v) is 5.84. The molecule has 5 rings (SSSR count). The van der Waals surface area contributed by atoms with Gasteiger partial charge in [0.2, 0.25) is 5.88 Å². The first-order valence-corrected chi connectivity index (χ1v) is 13.7. The molecule has 2 aromatic rings. The molecule has 206 valence electrons. The van der Waals surface area contributed by atoms with E-state index in [1.54, 1.807) is 23.2 Å². The summed E-state index contributed by atoms with van der Waals surface area (Å²) in [6, 6.07) is 11.1. The van der Waals surface area contributed by atoms with Crippen LogP contribution in [0.1, 0.15) is 55.3 Å². The molecule has 2 aliphatic heterocycles. The van der Waals surface area contributed by atoms with Gasteiger partial charge in [-0.3, -0.25) is 4.79 Å². The minimum atomic E-state index is -4.11. The van der Waals surface area contributed by atoms with Gasteiger partial charge >= 0.3 is 6.18 Å². The summed E-state index contributed by atoms with van der Waals surface area (Å²) in [5.41, 5.74) is 0.958. The van der Waals surface area contributed by atoms with Crippen molar-refractivity contribution in [2.75, 3.05) is 39.3 Å². The van der Waals surface area contributed by atoms with Crippen molar-refractivity contribution in [1.29, 1.82) is 0 Å². The van der Waals surface area contributed by atoms with Gasteiger partial charge in [-0.1, -0.05) is 18.6 Å². The number of hydrogen-bond donors (Lipinski definition) is 1. The number of amides is 1. The highest BCUT2D eigenvalue weighted by molar-refractivity contribution is 5.94. The first-order chi connectivity index (χ1) is 18.2. The summed E-state index contributed by atoms with van der Waals surface area (Å²) in [5, 5.41) is 9.84. The van der Waals surface area contributed by atoms with Crippen molar-refractivity contribution < 1.29 is 27.8 Å². The minimum absolute atomic E-state index is 0.0640. The van der Waals surface area contributed by atoms with Gasteiger partial charge in [0.25, 0.3) is 5.91 Å². The number of carbonyl (C=O) groups excluding carboxylic acids is 1. The maximum atomic E-state index is 13.5. The van der Waals surface area contributed by atoms with Crippen molar-refractivity contribution in [1.82, 2.24) is 14.8 Å². The highest BCUT2D eigenvalue weighted by Crippen LogP contribution is 2.53. The maximum Gasteiger partial charge on any atom is 0.395 e. The number of alkyl halides is 3. The average molecular weight is 532 g/mol. The summed E-state index contributed by atoms with van der Waals surface area (Å²) >= 11 is 0. The van der Waals surface area contributed by atoms with Gasteiger partial charge in [0, 0.05) is 43.0 Å². The molecular weight excluding hydrogens is 495 g/mol. The number of rotatable bonds is 7. The van der Waals surface area contributed by atoms with Gasteiger partial charge < -0.3 is 19.6 Å². The number of aliphatic hydroxyl groups excluding tert-OH is 1. The quantitative estimate of drug-likeness (QED) is 0.534. The predicted molar refractivity (Wildman–Crippen MR) is 138 cm³/mol. The van der Waals surface area contributed by atoms with E-state index in [4.69, 9.17) is 4.74 Å². The molecule has 1 aliphatic carbocycles. The topological polar surface area (TPSA) is 65.9 Å². The van der Waals surface area contributed by atoms with Crippen LogP contribution in [-0.2, 0) is 0 Å². The normalized spacial score (nSPS) is 22.6. The Morgan fingerprint density at radius 3 is 2.29 bits per heavy atom. The lowest BCUT2D eigenvalue weighted by Gasteiger charge is -2.47. The molecule has 1 unspecified atom stereocenters. The zero-order valence-electron chi connectivity index (χ0n) is 21.6. The van der Waals surface area contributed by atoms with Crippen LogP contribution in [0.3, 0.4) is 0 Å². The highest BCUT2D eigenvalue weighted by atomic mass is 19.4. The van der Waals surface area contributed by atoms with E-state index in [2.05, 4.69) is 4.98 Å². The Labute approximate surface area is 221 Å². The number of nitrogens with zero attached hydrogens (tertiary/aromatic N) is 3. The monoisotopic (exact) mass is 531 g/mol. The van der Waals surface area contributed by atoms with Crippen LogP contribution in [-0.4, -0.2) is 77.4 Å². The molecule has 1 aromatic carbocycles. The summed E-state index contributed by atoms with van der Waals surface area (Å²) < 4.78 is 46.4. The number of piperidine rings is 2. The number of benzene rings is 1. The first kappa shape index (κ1) is 26.9. The number of β-amino-alcohol motifs (C(OH)–C–C–N with tert-alkyl or cyclic N) is 1. The van der Waals surface area contributed by atoms with Gasteiger partial charge in [-0.05, 0) is 81.3 Å². The number of ether oxygens (including phenoxy) is 1. The smallest absolute Gasteiger partial charge is 0.395 e. The van der Waals surface area contributed by atoms with Crippen LogP contribution in [0.15, 0.2) is 42.6 Å². The molecule has 1 amide bonds. The molecule has 38 heavy (non-hydrogen) atoms. The Balaban J connectivity index is 1.08. The third-order valence-corrected chi connectivity index (χ3v) is 8.50. The fourth-order valence-electron chi connectivity index (χ4n) is 5.84. The van der Waals surface area contributed by atoms with Crippen LogP contribution in [0.4, 0.5) is 13.2 Å². The molecule has 1 aromatic heterocycles. The summed E-state index contributed by atoms with van der Waals surface area (Å²) in [4.78, 5) is 20.8. The third kappa shape index (κ3) is 5.99. The van der Waals surface area contributed by atoms with E-state index < -0.39 is 17.7 Å². The van der Waals surface area contributed by atoms with Crippen molar-refractivity contribution in [3.05, 3.63) is 48.2 Å². The van der Waals surface area contributed by atoms with E-state index in [0.29, 0.717) is 56.6 Å². The largest absolute Gasteiger partial charge is 0.477 e. The molecule has 6 nitrogen and oxygen atoms in total. The van der Waals surface area contributed by atoms with Gasteiger partial charge in [0.15, 0.2) is 0 Å². The SMILES string of the molecule is O=C(c1ccc(-c2ccc(OCC3CCN(CC4(C(F)(F)F)CCC4)CC3)nc2)cc1)N1CCCC(O)C1. The van der Waals surface area contributed by atoms with Crippen LogP contribution in [0, 0.1) is 11.3 Å². The van der Waals surface area contributed by atoms with Gasteiger partial charge in [0.1, 0.15) is 0 Å². The maximum absolute atomic E-state index is 13.5. The van der Waals surface area contributed by atoms with E-state index >= 15 is 0 Å². The molecule has 0 bridgehead atoms. The Hall–Kier alpha value is -2.65. The van der Waals surface area contributed by atoms with E-state index in [1.807, 2.05) is 29.2 Å². The number of aromatic nitrogens is 1. The molecule has 1 atom stereocenters. The fraction of sp³-hybridized carbons (Fsp3) is 0.586. The molecule has 1 N–H and O–H groups in total. The van der Waals surface area contributed by atoms with Crippen LogP contribution >= 0.6 is 0 Å². The molecule has 0 radical (unpaired) electrons. The van der Waals surface area contributed by atoms with Crippen LogP contribution < -0.4 is 4.74 Å². The number of likely N-dealkylation sites (tertiary alicyclic amines) is 2. The number of aliphatic hydroxyl groups is 1. The predicted octanol–water partition coefficient (Wildman–Crippen LogP) is 5.17. The summed E-state index contributed by atoms with van der Waals surface area (Å²) in [6.07, 6.45) is 1.57.